The van der Waals surface area contributed by atoms with Crippen molar-refractivity contribution in [3.63, 3.8) is 0 Å². The molecule has 0 bridgehead atoms. The van der Waals surface area contributed by atoms with Crippen molar-refractivity contribution >= 4 is 17.4 Å². The molecule has 0 radical (unpaired) electrons. The van der Waals surface area contributed by atoms with Gasteiger partial charge >= 0.3 is 0 Å². The fourth-order valence-electron chi connectivity index (χ4n) is 2.29. The molecular weight excluding hydrogens is 264 g/mol. The van der Waals surface area contributed by atoms with Crippen molar-refractivity contribution in [2.75, 3.05) is 30.5 Å². The van der Waals surface area contributed by atoms with Crippen molar-refractivity contribution in [1.82, 2.24) is 5.32 Å². The van der Waals surface area contributed by atoms with E-state index in [-0.39, 0.29) is 0 Å². The van der Waals surface area contributed by atoms with Crippen LogP contribution in [0.3, 0.4) is 0 Å². The minimum Gasteiger partial charge on any atom is -0.371 e. The van der Waals surface area contributed by atoms with Crippen LogP contribution in [0.15, 0.2) is 18.2 Å². The van der Waals surface area contributed by atoms with Crippen LogP contribution in [0.4, 0.5) is 5.69 Å². The summed E-state index contributed by atoms with van der Waals surface area (Å²) < 4.78 is 0. The lowest BCUT2D eigenvalue weighted by Crippen LogP contribution is -2.32. The summed E-state index contributed by atoms with van der Waals surface area (Å²) in [5, 5.41) is 3.56. The average Bonchev–Trinajstić information content (AvgIpc) is 2.38. The first-order valence-corrected chi connectivity index (χ1v) is 8.87. The number of nitrogens with one attached hydrogen (secondary N) is 1. The summed E-state index contributed by atoms with van der Waals surface area (Å²) in [6.07, 6.45) is 2.17. The van der Waals surface area contributed by atoms with E-state index in [2.05, 4.69) is 69.4 Å². The Kier molecular flexibility index (Phi) is 7.46. The summed E-state index contributed by atoms with van der Waals surface area (Å²) in [7, 11) is 2.21. The number of hydrogen-bond donors (Lipinski definition) is 1. The first-order chi connectivity index (χ1) is 9.45. The standard InChI is InChI=1S/C17H30N2S/c1-13(2)10-18-11-16-9-14(3)7-8-17(16)19(5)15(4)12-20-6/h7-9,13,15,18H,10-12H2,1-6H3. The Balaban J connectivity index is 2.83. The molecule has 0 aromatic heterocycles. The Morgan fingerprint density at radius 3 is 2.55 bits per heavy atom. The fraction of sp³-hybridized carbons (Fsp3) is 0.647. The average molecular weight is 295 g/mol. The van der Waals surface area contributed by atoms with E-state index in [1.807, 2.05) is 11.8 Å². The van der Waals surface area contributed by atoms with E-state index >= 15 is 0 Å². The third-order valence-corrected chi connectivity index (χ3v) is 4.37. The molecule has 0 aliphatic heterocycles. The topological polar surface area (TPSA) is 15.3 Å². The molecule has 3 heteroatoms. The third kappa shape index (κ3) is 5.37. The SMILES string of the molecule is CSCC(C)N(C)c1ccc(C)cc1CNCC(C)C. The molecule has 1 unspecified atom stereocenters. The summed E-state index contributed by atoms with van der Waals surface area (Å²) in [6, 6.07) is 7.34. The second-order valence-electron chi connectivity index (χ2n) is 6.07. The van der Waals surface area contributed by atoms with Crippen LogP contribution < -0.4 is 10.2 Å². The van der Waals surface area contributed by atoms with Gasteiger partial charge in [-0.2, -0.15) is 11.8 Å². The van der Waals surface area contributed by atoms with Crippen molar-refractivity contribution in [2.24, 2.45) is 5.92 Å². The monoisotopic (exact) mass is 294 g/mol. The molecular formula is C17H30N2S. The number of nitrogens with zero attached hydrogens (tertiary/aromatic N) is 1. The Bertz CT molecular complexity index is 404. The zero-order chi connectivity index (χ0) is 15.1. The molecule has 114 valence electrons. The van der Waals surface area contributed by atoms with Gasteiger partial charge in [0.1, 0.15) is 0 Å². The van der Waals surface area contributed by atoms with Crippen molar-refractivity contribution in [3.8, 4) is 0 Å². The van der Waals surface area contributed by atoms with Crippen LogP contribution in [0.25, 0.3) is 0 Å². The highest BCUT2D eigenvalue weighted by molar-refractivity contribution is 7.98. The quantitative estimate of drug-likeness (QED) is 0.782. The summed E-state index contributed by atoms with van der Waals surface area (Å²) >= 11 is 1.91. The smallest absolute Gasteiger partial charge is 0.0412 e. The van der Waals surface area contributed by atoms with Gasteiger partial charge in [0.2, 0.25) is 0 Å². The number of thioether (sulfide) groups is 1. The van der Waals surface area contributed by atoms with E-state index in [1.54, 1.807) is 0 Å². The maximum absolute atomic E-state index is 3.56. The summed E-state index contributed by atoms with van der Waals surface area (Å²) in [4.78, 5) is 2.41. The third-order valence-electron chi connectivity index (χ3n) is 3.55. The van der Waals surface area contributed by atoms with Crippen LogP contribution >= 0.6 is 11.8 Å². The van der Waals surface area contributed by atoms with Crippen molar-refractivity contribution in [2.45, 2.75) is 40.3 Å². The molecule has 0 saturated heterocycles. The van der Waals surface area contributed by atoms with Crippen LogP contribution in [-0.4, -0.2) is 31.6 Å². The minimum atomic E-state index is 0.552. The zero-order valence-corrected chi connectivity index (χ0v) is 14.7. The van der Waals surface area contributed by atoms with Gasteiger partial charge in [0, 0.05) is 31.1 Å². The molecule has 1 aromatic rings. The van der Waals surface area contributed by atoms with Gasteiger partial charge in [-0.05, 0) is 44.2 Å². The van der Waals surface area contributed by atoms with E-state index in [9.17, 15) is 0 Å². The molecule has 0 fully saturated rings. The number of rotatable bonds is 8. The van der Waals surface area contributed by atoms with Crippen LogP contribution in [0.2, 0.25) is 0 Å². The van der Waals surface area contributed by atoms with Gasteiger partial charge < -0.3 is 10.2 Å². The lowest BCUT2D eigenvalue weighted by Gasteiger charge is -2.29. The van der Waals surface area contributed by atoms with Gasteiger partial charge in [0.25, 0.3) is 0 Å². The minimum absolute atomic E-state index is 0.552. The Labute approximate surface area is 129 Å². The largest absolute Gasteiger partial charge is 0.371 e. The molecule has 0 amide bonds. The van der Waals surface area contributed by atoms with E-state index in [0.717, 1.165) is 18.8 Å². The van der Waals surface area contributed by atoms with Crippen molar-refractivity contribution < 1.29 is 0 Å². The first kappa shape index (κ1) is 17.4. The second kappa shape index (κ2) is 8.58. The zero-order valence-electron chi connectivity index (χ0n) is 13.9. The van der Waals surface area contributed by atoms with Crippen molar-refractivity contribution in [3.05, 3.63) is 29.3 Å². The lowest BCUT2D eigenvalue weighted by molar-refractivity contribution is 0.551. The Morgan fingerprint density at radius 2 is 1.95 bits per heavy atom. The van der Waals surface area contributed by atoms with Crippen LogP contribution in [0, 0.1) is 12.8 Å². The Morgan fingerprint density at radius 1 is 1.25 bits per heavy atom. The van der Waals surface area contributed by atoms with Crippen molar-refractivity contribution in [1.29, 1.82) is 0 Å². The van der Waals surface area contributed by atoms with Crippen LogP contribution in [0.1, 0.15) is 31.9 Å². The van der Waals surface area contributed by atoms with E-state index < -0.39 is 0 Å². The molecule has 1 aromatic carbocycles. The highest BCUT2D eigenvalue weighted by Gasteiger charge is 2.13. The molecule has 1 N–H and O–H groups in total. The molecule has 0 aliphatic carbocycles. The van der Waals surface area contributed by atoms with Gasteiger partial charge in [-0.15, -0.1) is 0 Å². The molecule has 1 atom stereocenters. The molecule has 1 rings (SSSR count). The predicted molar refractivity (Wildman–Crippen MR) is 94.0 cm³/mol. The maximum atomic E-state index is 3.56. The number of benzene rings is 1. The second-order valence-corrected chi connectivity index (χ2v) is 6.98. The highest BCUT2D eigenvalue weighted by atomic mass is 32.2. The normalized spacial score (nSPS) is 12.8. The number of anilines is 1. The molecule has 0 spiro atoms. The lowest BCUT2D eigenvalue weighted by atomic mass is 10.1. The summed E-state index contributed by atoms with van der Waals surface area (Å²) in [6.45, 7) is 11.0. The maximum Gasteiger partial charge on any atom is 0.0412 e. The van der Waals surface area contributed by atoms with Gasteiger partial charge in [0.05, 0.1) is 0 Å². The molecule has 20 heavy (non-hydrogen) atoms. The summed E-state index contributed by atoms with van der Waals surface area (Å²) in [5.74, 6) is 1.85. The number of aryl methyl sites for hydroxylation is 1. The van der Waals surface area contributed by atoms with Gasteiger partial charge in [-0.3, -0.25) is 0 Å². The van der Waals surface area contributed by atoms with Gasteiger partial charge in [-0.25, -0.2) is 0 Å². The van der Waals surface area contributed by atoms with Gasteiger partial charge in [-0.1, -0.05) is 31.5 Å². The highest BCUT2D eigenvalue weighted by Crippen LogP contribution is 2.23. The van der Waals surface area contributed by atoms with Gasteiger partial charge in [0.15, 0.2) is 0 Å². The van der Waals surface area contributed by atoms with E-state index in [0.29, 0.717) is 12.0 Å². The van der Waals surface area contributed by atoms with Crippen LogP contribution in [0.5, 0.6) is 0 Å². The molecule has 2 nitrogen and oxygen atoms in total. The molecule has 0 saturated carbocycles. The molecule has 0 heterocycles. The predicted octanol–water partition coefficient (Wildman–Crippen LogP) is 3.93. The fourth-order valence-corrected chi connectivity index (χ4v) is 2.99. The van der Waals surface area contributed by atoms with Crippen LogP contribution in [-0.2, 0) is 6.54 Å². The molecule has 0 aliphatic rings. The number of hydrogen-bond acceptors (Lipinski definition) is 3. The first-order valence-electron chi connectivity index (χ1n) is 7.47. The van der Waals surface area contributed by atoms with E-state index in [1.165, 1.54) is 16.8 Å². The Hall–Kier alpha value is -0.670. The van der Waals surface area contributed by atoms with E-state index in [4.69, 9.17) is 0 Å². The summed E-state index contributed by atoms with van der Waals surface area (Å²) in [5.41, 5.74) is 4.09.